The standard InChI is InChI=1S/C53H86O6/c1-4-7-10-13-16-19-22-25-26-27-29-31-34-37-40-43-46-52(55)58-49-50(48-57-51(54)45-42-39-36-33-30-24-21-18-15-12-9-6-3)59-53(56)47-44-41-38-35-32-28-23-20-17-14-11-8-5-2/h8-9,11-12,14,17-18,20-21,23,26-28,30,32-33,50H,4-7,10,13,15-16,19,22,24-25,29,31,34-49H2,1-3H3/b11-8-,12-9-,17-14-,21-18-,23-20-,27-26-,32-28-,33-30-. The second-order valence-electron chi connectivity index (χ2n) is 15.3. The second-order valence-corrected chi connectivity index (χ2v) is 15.3. The highest BCUT2D eigenvalue weighted by molar-refractivity contribution is 5.71. The zero-order valence-corrected chi connectivity index (χ0v) is 38.0. The van der Waals surface area contributed by atoms with Gasteiger partial charge in [-0.3, -0.25) is 14.4 Å². The van der Waals surface area contributed by atoms with Gasteiger partial charge in [0.2, 0.25) is 0 Å². The number of carbonyl (C=O) groups is 3. The van der Waals surface area contributed by atoms with Crippen LogP contribution >= 0.6 is 0 Å². The lowest BCUT2D eigenvalue weighted by atomic mass is 10.1. The van der Waals surface area contributed by atoms with E-state index in [1.54, 1.807) is 0 Å². The molecule has 0 aromatic heterocycles. The van der Waals surface area contributed by atoms with Crippen molar-refractivity contribution in [2.75, 3.05) is 13.2 Å². The van der Waals surface area contributed by atoms with E-state index in [0.29, 0.717) is 19.3 Å². The maximum atomic E-state index is 12.7. The van der Waals surface area contributed by atoms with Gasteiger partial charge < -0.3 is 14.2 Å². The summed E-state index contributed by atoms with van der Waals surface area (Å²) in [4.78, 5) is 37.8. The highest BCUT2D eigenvalue weighted by Gasteiger charge is 2.19. The molecule has 0 heterocycles. The van der Waals surface area contributed by atoms with Crippen LogP contribution in [0.1, 0.15) is 201 Å². The number of unbranched alkanes of at least 4 members (excludes halogenated alkanes) is 17. The fourth-order valence-electron chi connectivity index (χ4n) is 6.11. The molecule has 0 aliphatic rings. The number of hydrogen-bond acceptors (Lipinski definition) is 6. The fraction of sp³-hybridized carbons (Fsp3) is 0.642. The molecule has 0 aliphatic heterocycles. The van der Waals surface area contributed by atoms with Gasteiger partial charge in [0.1, 0.15) is 13.2 Å². The third kappa shape index (κ3) is 45.3. The lowest BCUT2D eigenvalue weighted by Crippen LogP contribution is -2.30. The van der Waals surface area contributed by atoms with Crippen molar-refractivity contribution in [2.45, 2.75) is 207 Å². The number of ether oxygens (including phenoxy) is 3. The van der Waals surface area contributed by atoms with Gasteiger partial charge >= 0.3 is 17.9 Å². The molecule has 0 radical (unpaired) electrons. The number of allylic oxidation sites excluding steroid dienone is 16. The normalized spacial score (nSPS) is 12.9. The Balaban J connectivity index is 4.50. The van der Waals surface area contributed by atoms with E-state index in [1.807, 2.05) is 36.5 Å². The molecule has 6 heteroatoms. The molecule has 334 valence electrons. The van der Waals surface area contributed by atoms with Gasteiger partial charge in [-0.15, -0.1) is 0 Å². The average Bonchev–Trinajstić information content (AvgIpc) is 3.23. The molecule has 0 N–H and O–H groups in total. The van der Waals surface area contributed by atoms with Crippen LogP contribution in [0.2, 0.25) is 0 Å². The van der Waals surface area contributed by atoms with Crippen LogP contribution in [-0.4, -0.2) is 37.2 Å². The van der Waals surface area contributed by atoms with Crippen molar-refractivity contribution in [1.82, 2.24) is 0 Å². The van der Waals surface area contributed by atoms with Crippen molar-refractivity contribution in [1.29, 1.82) is 0 Å². The summed E-state index contributed by atoms with van der Waals surface area (Å²) in [5.74, 6) is -1.01. The minimum Gasteiger partial charge on any atom is -0.462 e. The third-order valence-corrected chi connectivity index (χ3v) is 9.65. The van der Waals surface area contributed by atoms with Gasteiger partial charge in [0, 0.05) is 19.3 Å². The second kappa shape index (κ2) is 47.0. The monoisotopic (exact) mass is 819 g/mol. The lowest BCUT2D eigenvalue weighted by molar-refractivity contribution is -0.167. The summed E-state index contributed by atoms with van der Waals surface area (Å²) >= 11 is 0. The molecule has 0 aromatic rings. The fourth-order valence-corrected chi connectivity index (χ4v) is 6.11. The molecular formula is C53H86O6. The molecule has 59 heavy (non-hydrogen) atoms. The first kappa shape index (κ1) is 55.3. The number of rotatable bonds is 41. The zero-order valence-electron chi connectivity index (χ0n) is 38.0. The summed E-state index contributed by atoms with van der Waals surface area (Å²) in [5.41, 5.74) is 0. The quantitative estimate of drug-likeness (QED) is 0.0201. The van der Waals surface area contributed by atoms with Crippen LogP contribution in [0.3, 0.4) is 0 Å². The Kier molecular flexibility index (Phi) is 44.1. The van der Waals surface area contributed by atoms with Gasteiger partial charge in [0.05, 0.1) is 0 Å². The van der Waals surface area contributed by atoms with Crippen molar-refractivity contribution < 1.29 is 28.6 Å². The molecule has 0 aromatic carbocycles. The lowest BCUT2D eigenvalue weighted by Gasteiger charge is -2.18. The Labute approximate surface area is 362 Å². The Morgan fingerprint density at radius 1 is 0.373 bits per heavy atom. The molecule has 0 spiro atoms. The molecule has 1 unspecified atom stereocenters. The molecular weight excluding hydrogens is 733 g/mol. The molecule has 6 nitrogen and oxygen atoms in total. The van der Waals surface area contributed by atoms with Crippen molar-refractivity contribution >= 4 is 17.9 Å². The minimum atomic E-state index is -0.816. The van der Waals surface area contributed by atoms with Crippen LogP contribution in [0.5, 0.6) is 0 Å². The molecule has 0 fully saturated rings. The van der Waals surface area contributed by atoms with E-state index in [2.05, 4.69) is 81.5 Å². The maximum Gasteiger partial charge on any atom is 0.306 e. The molecule has 0 saturated carbocycles. The van der Waals surface area contributed by atoms with E-state index in [9.17, 15) is 14.4 Å². The van der Waals surface area contributed by atoms with E-state index in [4.69, 9.17) is 14.2 Å². The van der Waals surface area contributed by atoms with Crippen LogP contribution < -0.4 is 0 Å². The Morgan fingerprint density at radius 3 is 1.31 bits per heavy atom. The third-order valence-electron chi connectivity index (χ3n) is 9.65. The largest absolute Gasteiger partial charge is 0.462 e. The van der Waals surface area contributed by atoms with Crippen LogP contribution in [0.15, 0.2) is 97.2 Å². The van der Waals surface area contributed by atoms with E-state index in [0.717, 1.165) is 96.3 Å². The Bertz CT molecular complexity index is 1220. The number of carbonyl (C=O) groups excluding carboxylic acids is 3. The highest BCUT2D eigenvalue weighted by Crippen LogP contribution is 2.12. The van der Waals surface area contributed by atoms with Gasteiger partial charge in [-0.05, 0) is 96.3 Å². The zero-order chi connectivity index (χ0) is 43.0. The first-order valence-corrected chi connectivity index (χ1v) is 23.8. The average molecular weight is 819 g/mol. The maximum absolute atomic E-state index is 12.7. The summed E-state index contributed by atoms with van der Waals surface area (Å²) in [5, 5.41) is 0. The van der Waals surface area contributed by atoms with Crippen LogP contribution in [0, 0.1) is 0 Å². The predicted molar refractivity (Wildman–Crippen MR) is 251 cm³/mol. The Hall–Kier alpha value is -3.67. The SMILES string of the molecule is CC\C=C/C=C\C=C/C=C\CCCCCC(=O)OC(COC(=O)CCCC/C=C\C/C=C\C/C=C\CC)COC(=O)CCCCCCC/C=C\CCCCCCCCC. The van der Waals surface area contributed by atoms with E-state index in [-0.39, 0.29) is 37.5 Å². The molecule has 0 bridgehead atoms. The van der Waals surface area contributed by atoms with Crippen molar-refractivity contribution in [3.63, 3.8) is 0 Å². The molecule has 0 aliphatic carbocycles. The molecule has 0 saturated heterocycles. The summed E-state index contributed by atoms with van der Waals surface area (Å²) in [6, 6.07) is 0. The summed E-state index contributed by atoms with van der Waals surface area (Å²) in [7, 11) is 0. The van der Waals surface area contributed by atoms with Gasteiger partial charge in [-0.2, -0.15) is 0 Å². The smallest absolute Gasteiger partial charge is 0.306 e. The summed E-state index contributed by atoms with van der Waals surface area (Å²) < 4.78 is 16.7. The van der Waals surface area contributed by atoms with Gasteiger partial charge in [0.15, 0.2) is 6.10 Å². The van der Waals surface area contributed by atoms with Crippen LogP contribution in [-0.2, 0) is 28.6 Å². The predicted octanol–water partition coefficient (Wildman–Crippen LogP) is 15.4. The van der Waals surface area contributed by atoms with E-state index in [1.165, 1.54) is 57.8 Å². The molecule has 0 rings (SSSR count). The first-order valence-electron chi connectivity index (χ1n) is 23.8. The van der Waals surface area contributed by atoms with Gasteiger partial charge in [-0.1, -0.05) is 182 Å². The van der Waals surface area contributed by atoms with E-state index >= 15 is 0 Å². The molecule has 1 atom stereocenters. The van der Waals surface area contributed by atoms with Crippen molar-refractivity contribution in [2.24, 2.45) is 0 Å². The van der Waals surface area contributed by atoms with Crippen molar-refractivity contribution in [3.8, 4) is 0 Å². The summed E-state index contributed by atoms with van der Waals surface area (Å²) in [6.45, 7) is 6.28. The first-order chi connectivity index (χ1) is 29.0. The van der Waals surface area contributed by atoms with Crippen LogP contribution in [0.4, 0.5) is 0 Å². The van der Waals surface area contributed by atoms with E-state index < -0.39 is 6.10 Å². The van der Waals surface area contributed by atoms with Crippen molar-refractivity contribution in [3.05, 3.63) is 97.2 Å². The molecule has 0 amide bonds. The number of esters is 3. The number of hydrogen-bond donors (Lipinski definition) is 0. The summed E-state index contributed by atoms with van der Waals surface area (Å²) in [6.07, 6.45) is 61.1. The topological polar surface area (TPSA) is 78.9 Å². The van der Waals surface area contributed by atoms with Crippen LogP contribution in [0.25, 0.3) is 0 Å². The minimum absolute atomic E-state index is 0.112. The Morgan fingerprint density at radius 2 is 0.746 bits per heavy atom. The van der Waals surface area contributed by atoms with Gasteiger partial charge in [0.25, 0.3) is 0 Å². The van der Waals surface area contributed by atoms with Gasteiger partial charge in [-0.25, -0.2) is 0 Å². The highest BCUT2D eigenvalue weighted by atomic mass is 16.6.